The van der Waals surface area contributed by atoms with Crippen molar-refractivity contribution >= 4 is 29.7 Å². The SMILES string of the molecule is C=C(C(CCCCN=C(N)N)NSCc1ccccc1)N1CCCC1C(=O)NCc1ccc(C(=N)N)cc1. The Morgan fingerprint density at radius 2 is 1.84 bits per heavy atom. The van der Waals surface area contributed by atoms with Gasteiger partial charge in [-0.2, -0.15) is 0 Å². The summed E-state index contributed by atoms with van der Waals surface area (Å²) in [5.74, 6) is 0.985. The largest absolute Gasteiger partial charge is 0.384 e. The van der Waals surface area contributed by atoms with E-state index in [1.165, 1.54) is 5.56 Å². The van der Waals surface area contributed by atoms with E-state index >= 15 is 0 Å². The monoisotopic (exact) mass is 536 g/mol. The van der Waals surface area contributed by atoms with Gasteiger partial charge in [-0.1, -0.05) is 73.1 Å². The van der Waals surface area contributed by atoms with Crippen LogP contribution in [0.15, 0.2) is 71.9 Å². The van der Waals surface area contributed by atoms with Crippen LogP contribution >= 0.6 is 11.9 Å². The zero-order chi connectivity index (χ0) is 27.3. The van der Waals surface area contributed by atoms with Crippen molar-refractivity contribution < 1.29 is 4.79 Å². The number of likely N-dealkylation sites (tertiary alicyclic amines) is 1. The van der Waals surface area contributed by atoms with Crippen LogP contribution in [0.4, 0.5) is 0 Å². The van der Waals surface area contributed by atoms with Crippen molar-refractivity contribution in [1.82, 2.24) is 14.9 Å². The van der Waals surface area contributed by atoms with Crippen molar-refractivity contribution in [1.29, 1.82) is 5.41 Å². The number of aliphatic imine (C=N–C) groups is 1. The molecule has 2 aromatic rings. The van der Waals surface area contributed by atoms with Gasteiger partial charge in [0.25, 0.3) is 0 Å². The predicted octanol–water partition coefficient (Wildman–Crippen LogP) is 2.82. The highest BCUT2D eigenvalue weighted by Gasteiger charge is 2.33. The number of amides is 1. The zero-order valence-corrected chi connectivity index (χ0v) is 22.7. The lowest BCUT2D eigenvalue weighted by molar-refractivity contribution is -0.125. The molecule has 0 aromatic heterocycles. The molecule has 9 nitrogen and oxygen atoms in total. The number of nitrogens with one attached hydrogen (secondary N) is 3. The van der Waals surface area contributed by atoms with Gasteiger partial charge in [0.1, 0.15) is 11.9 Å². The molecule has 10 heteroatoms. The summed E-state index contributed by atoms with van der Waals surface area (Å²) in [6.45, 7) is 6.26. The van der Waals surface area contributed by atoms with Crippen LogP contribution in [0, 0.1) is 5.41 Å². The molecule has 1 aliphatic heterocycles. The van der Waals surface area contributed by atoms with Gasteiger partial charge >= 0.3 is 0 Å². The molecule has 2 unspecified atom stereocenters. The Morgan fingerprint density at radius 3 is 2.53 bits per heavy atom. The third-order valence-electron chi connectivity index (χ3n) is 6.56. The molecule has 1 saturated heterocycles. The molecule has 1 aliphatic rings. The first-order valence-corrected chi connectivity index (χ1v) is 14.0. The van der Waals surface area contributed by atoms with Gasteiger partial charge in [-0.05, 0) is 43.2 Å². The van der Waals surface area contributed by atoms with Gasteiger partial charge in [-0.25, -0.2) is 0 Å². The molecule has 3 rings (SSSR count). The lowest BCUT2D eigenvalue weighted by Crippen LogP contribution is -2.46. The van der Waals surface area contributed by atoms with E-state index in [4.69, 9.17) is 22.6 Å². The smallest absolute Gasteiger partial charge is 0.242 e. The second-order valence-electron chi connectivity index (χ2n) is 9.42. The maximum absolute atomic E-state index is 13.2. The van der Waals surface area contributed by atoms with E-state index in [1.54, 1.807) is 24.1 Å². The average molecular weight is 537 g/mol. The van der Waals surface area contributed by atoms with Crippen molar-refractivity contribution in [3.63, 3.8) is 0 Å². The Bertz CT molecular complexity index is 1090. The molecule has 0 radical (unpaired) electrons. The minimum atomic E-state index is -0.246. The summed E-state index contributed by atoms with van der Waals surface area (Å²) in [5, 5.41) is 10.6. The number of nitrogen functional groups attached to an aromatic ring is 1. The fraction of sp³-hybridized carbons (Fsp3) is 0.393. The van der Waals surface area contributed by atoms with E-state index in [2.05, 4.69) is 38.6 Å². The Kier molecular flexibility index (Phi) is 11.5. The number of carbonyl (C=O) groups excluding carboxylic acids is 1. The van der Waals surface area contributed by atoms with E-state index in [1.807, 2.05) is 30.3 Å². The van der Waals surface area contributed by atoms with Gasteiger partial charge in [-0.15, -0.1) is 0 Å². The third-order valence-corrected chi connectivity index (χ3v) is 7.49. The summed E-state index contributed by atoms with van der Waals surface area (Å²) < 4.78 is 3.61. The van der Waals surface area contributed by atoms with Gasteiger partial charge < -0.3 is 27.4 Å². The topological polar surface area (TPSA) is 159 Å². The molecule has 1 amide bonds. The van der Waals surface area contributed by atoms with Crippen LogP contribution in [0.2, 0.25) is 0 Å². The first-order chi connectivity index (χ1) is 18.3. The van der Waals surface area contributed by atoms with Gasteiger partial charge in [-0.3, -0.25) is 19.9 Å². The van der Waals surface area contributed by atoms with E-state index in [-0.39, 0.29) is 29.8 Å². The number of benzene rings is 2. The van der Waals surface area contributed by atoms with Crippen LogP contribution in [0.3, 0.4) is 0 Å². The molecule has 0 spiro atoms. The molecule has 0 bridgehead atoms. The third kappa shape index (κ3) is 9.11. The van der Waals surface area contributed by atoms with Gasteiger partial charge in [0.2, 0.25) is 5.91 Å². The van der Waals surface area contributed by atoms with Crippen LogP contribution in [0.1, 0.15) is 48.8 Å². The zero-order valence-electron chi connectivity index (χ0n) is 21.9. The molecule has 0 saturated carbocycles. The highest BCUT2D eigenvalue weighted by atomic mass is 32.2. The number of hydrogen-bond acceptors (Lipinski definition) is 6. The van der Waals surface area contributed by atoms with Crippen molar-refractivity contribution in [3.8, 4) is 0 Å². The maximum atomic E-state index is 13.2. The lowest BCUT2D eigenvalue weighted by Gasteiger charge is -2.33. The number of hydrogen-bond donors (Lipinski definition) is 6. The molecule has 2 atom stereocenters. The number of unbranched alkanes of at least 4 members (excludes halogenated alkanes) is 1. The van der Waals surface area contributed by atoms with Crippen molar-refractivity contribution in [2.24, 2.45) is 22.2 Å². The molecule has 0 aliphatic carbocycles. The van der Waals surface area contributed by atoms with Crippen LogP contribution in [-0.4, -0.2) is 47.8 Å². The molecule has 38 heavy (non-hydrogen) atoms. The molecular formula is C28H40N8OS. The fourth-order valence-electron chi connectivity index (χ4n) is 4.45. The van der Waals surface area contributed by atoms with Crippen LogP contribution < -0.4 is 27.2 Å². The number of amidine groups is 1. The van der Waals surface area contributed by atoms with Crippen molar-refractivity contribution in [2.45, 2.75) is 56.5 Å². The molecule has 9 N–H and O–H groups in total. The number of carbonyl (C=O) groups is 1. The predicted molar refractivity (Wildman–Crippen MR) is 157 cm³/mol. The fourth-order valence-corrected chi connectivity index (χ4v) is 5.35. The first-order valence-electron chi connectivity index (χ1n) is 13.0. The molecule has 1 heterocycles. The van der Waals surface area contributed by atoms with Crippen LogP contribution in [0.25, 0.3) is 0 Å². The standard InChI is InChI=1S/C28H40N8OS/c1-20(24(10-5-6-16-33-28(31)32)35-38-19-22-8-3-2-4-9-22)36-17-7-11-25(36)27(37)34-18-21-12-14-23(15-13-21)26(29)30/h2-4,8-9,12-15,24-25,35H,1,5-7,10-11,16-19H2,(H3,29,30)(H,34,37)(H4,31,32,33). The average Bonchev–Trinajstić information content (AvgIpc) is 3.41. The molecule has 2 aromatic carbocycles. The Balaban J connectivity index is 1.58. The summed E-state index contributed by atoms with van der Waals surface area (Å²) in [5.41, 5.74) is 20.2. The summed E-state index contributed by atoms with van der Waals surface area (Å²) in [6, 6.07) is 17.5. The Morgan fingerprint density at radius 1 is 1.11 bits per heavy atom. The first kappa shape index (κ1) is 29.1. The van der Waals surface area contributed by atoms with Crippen molar-refractivity contribution in [2.75, 3.05) is 13.1 Å². The molecule has 204 valence electrons. The van der Waals surface area contributed by atoms with E-state index in [9.17, 15) is 4.79 Å². The second kappa shape index (κ2) is 15.0. The van der Waals surface area contributed by atoms with Gasteiger partial charge in [0.05, 0.1) is 6.04 Å². The van der Waals surface area contributed by atoms with Crippen LogP contribution in [-0.2, 0) is 17.1 Å². The number of nitrogens with zero attached hydrogens (tertiary/aromatic N) is 2. The highest BCUT2D eigenvalue weighted by Crippen LogP contribution is 2.26. The normalized spacial score (nSPS) is 15.6. The van der Waals surface area contributed by atoms with Gasteiger partial charge in [0.15, 0.2) is 5.96 Å². The second-order valence-corrected chi connectivity index (χ2v) is 10.2. The summed E-state index contributed by atoms with van der Waals surface area (Å²) in [6.07, 6.45) is 4.41. The summed E-state index contributed by atoms with van der Waals surface area (Å²) >= 11 is 1.66. The van der Waals surface area contributed by atoms with Gasteiger partial charge in [0, 0.05) is 36.6 Å². The highest BCUT2D eigenvalue weighted by molar-refractivity contribution is 7.96. The number of guanidine groups is 1. The summed E-state index contributed by atoms with van der Waals surface area (Å²) in [7, 11) is 0. The number of rotatable bonds is 15. The Hall–Kier alpha value is -3.50. The van der Waals surface area contributed by atoms with Crippen LogP contribution in [0.5, 0.6) is 0 Å². The van der Waals surface area contributed by atoms with E-state index in [0.717, 1.165) is 55.7 Å². The van der Waals surface area contributed by atoms with Crippen molar-refractivity contribution in [3.05, 3.63) is 83.6 Å². The molecule has 1 fully saturated rings. The van der Waals surface area contributed by atoms with E-state index in [0.29, 0.717) is 18.7 Å². The minimum Gasteiger partial charge on any atom is -0.384 e. The Labute approximate surface area is 230 Å². The van der Waals surface area contributed by atoms with E-state index < -0.39 is 0 Å². The maximum Gasteiger partial charge on any atom is 0.242 e. The number of nitrogens with two attached hydrogens (primary N) is 3. The quantitative estimate of drug-likeness (QED) is 0.0883. The minimum absolute atomic E-state index is 0.00254. The summed E-state index contributed by atoms with van der Waals surface area (Å²) in [4.78, 5) is 19.4. The lowest BCUT2D eigenvalue weighted by atomic mass is 10.1. The molecular weight excluding hydrogens is 496 g/mol.